The summed E-state index contributed by atoms with van der Waals surface area (Å²) in [5.41, 5.74) is 0. The summed E-state index contributed by atoms with van der Waals surface area (Å²) in [5, 5.41) is 0. The van der Waals surface area contributed by atoms with Crippen LogP contribution in [0, 0.1) is 5.92 Å². The first-order valence-electron chi connectivity index (χ1n) is 7.64. The molecule has 0 atom stereocenters. The molecule has 0 aromatic heterocycles. The molecule has 0 N–H and O–H groups in total. The lowest BCUT2D eigenvalue weighted by molar-refractivity contribution is 0.105. The summed E-state index contributed by atoms with van der Waals surface area (Å²) in [6.07, 6.45) is 1.31. The predicted octanol–water partition coefficient (Wildman–Crippen LogP) is 1.99. The topological polar surface area (TPSA) is 9.72 Å². The van der Waals surface area contributed by atoms with Gasteiger partial charge in [-0.25, -0.2) is 0 Å². The average molecular weight is 255 g/mol. The highest BCUT2D eigenvalue weighted by Gasteiger charge is 2.18. The molecule has 18 heavy (non-hydrogen) atoms. The van der Waals surface area contributed by atoms with Crippen LogP contribution in [0.4, 0.5) is 0 Å². The first-order chi connectivity index (χ1) is 8.49. The smallest absolute Gasteiger partial charge is 0.0113 e. The Kier molecular flexibility index (Phi) is 7.20. The molecule has 1 fully saturated rings. The van der Waals surface area contributed by atoms with E-state index in [0.717, 1.165) is 5.92 Å². The van der Waals surface area contributed by atoms with Gasteiger partial charge < -0.3 is 9.80 Å². The van der Waals surface area contributed by atoms with Crippen LogP contribution in [-0.2, 0) is 0 Å². The van der Waals surface area contributed by atoms with E-state index >= 15 is 0 Å². The Labute approximate surface area is 114 Å². The highest BCUT2D eigenvalue weighted by Crippen LogP contribution is 2.06. The molecule has 0 aromatic rings. The first-order valence-corrected chi connectivity index (χ1v) is 7.64. The molecule has 108 valence electrons. The van der Waals surface area contributed by atoms with Crippen LogP contribution in [0.5, 0.6) is 0 Å². The zero-order valence-electron chi connectivity index (χ0n) is 13.2. The zero-order chi connectivity index (χ0) is 13.5. The number of rotatable bonds is 7. The normalized spacial score (nSPS) is 19.3. The van der Waals surface area contributed by atoms with Gasteiger partial charge in [0.25, 0.3) is 0 Å². The van der Waals surface area contributed by atoms with E-state index in [1.807, 2.05) is 0 Å². The van der Waals surface area contributed by atoms with Crippen LogP contribution < -0.4 is 0 Å². The standard InChI is InChI=1S/C15H33N3/c1-14(2)13-16(5)7-6-8-17-9-11-18(12-10-17)15(3)4/h14-15H,6-13H2,1-5H3. The minimum Gasteiger partial charge on any atom is -0.306 e. The van der Waals surface area contributed by atoms with E-state index in [1.54, 1.807) is 0 Å². The fourth-order valence-electron chi connectivity index (χ4n) is 2.78. The number of hydrogen-bond donors (Lipinski definition) is 0. The second-order valence-corrected chi connectivity index (χ2v) is 6.48. The van der Waals surface area contributed by atoms with Gasteiger partial charge in [-0.15, -0.1) is 0 Å². The largest absolute Gasteiger partial charge is 0.306 e. The van der Waals surface area contributed by atoms with Crippen molar-refractivity contribution in [3.8, 4) is 0 Å². The molecule has 3 nitrogen and oxygen atoms in total. The van der Waals surface area contributed by atoms with E-state index in [1.165, 1.54) is 52.2 Å². The summed E-state index contributed by atoms with van der Waals surface area (Å²) in [4.78, 5) is 7.68. The van der Waals surface area contributed by atoms with Crippen LogP contribution >= 0.6 is 0 Å². The highest BCUT2D eigenvalue weighted by atomic mass is 15.3. The van der Waals surface area contributed by atoms with Gasteiger partial charge in [-0.05, 0) is 46.3 Å². The van der Waals surface area contributed by atoms with Gasteiger partial charge in [0.1, 0.15) is 0 Å². The molecule has 1 aliphatic rings. The summed E-state index contributed by atoms with van der Waals surface area (Å²) in [6.45, 7) is 17.9. The minimum absolute atomic E-state index is 0.712. The summed E-state index contributed by atoms with van der Waals surface area (Å²) < 4.78 is 0. The van der Waals surface area contributed by atoms with Gasteiger partial charge in [0.2, 0.25) is 0 Å². The van der Waals surface area contributed by atoms with Gasteiger partial charge in [0.05, 0.1) is 0 Å². The second kappa shape index (κ2) is 8.13. The molecular weight excluding hydrogens is 222 g/mol. The van der Waals surface area contributed by atoms with Crippen molar-refractivity contribution in [2.24, 2.45) is 5.92 Å². The van der Waals surface area contributed by atoms with Crippen molar-refractivity contribution in [3.63, 3.8) is 0 Å². The molecule has 0 radical (unpaired) electrons. The average Bonchev–Trinajstić information content (AvgIpc) is 2.28. The molecule has 0 spiro atoms. The maximum absolute atomic E-state index is 2.63. The number of nitrogens with zero attached hydrogens (tertiary/aromatic N) is 3. The van der Waals surface area contributed by atoms with E-state index in [0.29, 0.717) is 6.04 Å². The summed E-state index contributed by atoms with van der Waals surface area (Å²) in [5.74, 6) is 0.782. The van der Waals surface area contributed by atoms with Gasteiger partial charge in [-0.2, -0.15) is 0 Å². The number of piperazine rings is 1. The first kappa shape index (κ1) is 15.9. The molecule has 0 unspecified atom stereocenters. The summed E-state index contributed by atoms with van der Waals surface area (Å²) in [6, 6.07) is 0.712. The van der Waals surface area contributed by atoms with Gasteiger partial charge >= 0.3 is 0 Å². The molecule has 1 aliphatic heterocycles. The Morgan fingerprint density at radius 3 is 2.11 bits per heavy atom. The summed E-state index contributed by atoms with van der Waals surface area (Å²) >= 11 is 0. The van der Waals surface area contributed by atoms with E-state index in [-0.39, 0.29) is 0 Å². The fourth-order valence-corrected chi connectivity index (χ4v) is 2.78. The van der Waals surface area contributed by atoms with Gasteiger partial charge in [-0.1, -0.05) is 13.8 Å². The van der Waals surface area contributed by atoms with E-state index in [2.05, 4.69) is 49.4 Å². The minimum atomic E-state index is 0.712. The van der Waals surface area contributed by atoms with Crippen molar-refractivity contribution < 1.29 is 0 Å². The molecule has 0 amide bonds. The zero-order valence-corrected chi connectivity index (χ0v) is 13.2. The molecule has 1 saturated heterocycles. The lowest BCUT2D eigenvalue weighted by Crippen LogP contribution is -2.49. The van der Waals surface area contributed by atoms with E-state index in [4.69, 9.17) is 0 Å². The van der Waals surface area contributed by atoms with Crippen LogP contribution in [0.15, 0.2) is 0 Å². The molecule has 1 heterocycles. The van der Waals surface area contributed by atoms with Crippen molar-refractivity contribution in [3.05, 3.63) is 0 Å². The van der Waals surface area contributed by atoms with Crippen LogP contribution in [0.1, 0.15) is 34.1 Å². The van der Waals surface area contributed by atoms with Crippen molar-refractivity contribution in [2.75, 3.05) is 52.9 Å². The Morgan fingerprint density at radius 2 is 1.61 bits per heavy atom. The van der Waals surface area contributed by atoms with Gasteiger partial charge in [-0.3, -0.25) is 4.90 Å². The lowest BCUT2D eigenvalue weighted by atomic mass is 10.2. The summed E-state index contributed by atoms with van der Waals surface area (Å²) in [7, 11) is 2.25. The van der Waals surface area contributed by atoms with Crippen molar-refractivity contribution >= 4 is 0 Å². The third kappa shape index (κ3) is 6.17. The molecule has 1 rings (SSSR count). The van der Waals surface area contributed by atoms with Crippen LogP contribution in [0.3, 0.4) is 0 Å². The van der Waals surface area contributed by atoms with Crippen molar-refractivity contribution in [2.45, 2.75) is 40.2 Å². The maximum Gasteiger partial charge on any atom is 0.0113 e. The van der Waals surface area contributed by atoms with Crippen LogP contribution in [-0.4, -0.2) is 73.6 Å². The van der Waals surface area contributed by atoms with E-state index in [9.17, 15) is 0 Å². The Hall–Kier alpha value is -0.120. The third-order valence-electron chi connectivity index (χ3n) is 3.83. The van der Waals surface area contributed by atoms with Gasteiger partial charge in [0, 0.05) is 38.8 Å². The maximum atomic E-state index is 2.63. The van der Waals surface area contributed by atoms with Crippen LogP contribution in [0.2, 0.25) is 0 Å². The Morgan fingerprint density at radius 1 is 1.00 bits per heavy atom. The molecule has 0 bridgehead atoms. The predicted molar refractivity (Wildman–Crippen MR) is 80.1 cm³/mol. The molecule has 3 heteroatoms. The van der Waals surface area contributed by atoms with Crippen molar-refractivity contribution in [1.82, 2.24) is 14.7 Å². The third-order valence-corrected chi connectivity index (χ3v) is 3.83. The number of hydrogen-bond acceptors (Lipinski definition) is 3. The van der Waals surface area contributed by atoms with Crippen LogP contribution in [0.25, 0.3) is 0 Å². The highest BCUT2D eigenvalue weighted by molar-refractivity contribution is 4.74. The Bertz CT molecular complexity index is 208. The van der Waals surface area contributed by atoms with Crippen molar-refractivity contribution in [1.29, 1.82) is 0 Å². The lowest BCUT2D eigenvalue weighted by Gasteiger charge is -2.37. The van der Waals surface area contributed by atoms with E-state index < -0.39 is 0 Å². The fraction of sp³-hybridized carbons (Fsp3) is 1.00. The second-order valence-electron chi connectivity index (χ2n) is 6.48. The van der Waals surface area contributed by atoms with Gasteiger partial charge in [0.15, 0.2) is 0 Å². The molecule has 0 saturated carbocycles. The molecule has 0 aliphatic carbocycles. The molecule has 0 aromatic carbocycles. The Balaban J connectivity index is 2.07. The molecular formula is C15H33N3. The SMILES string of the molecule is CC(C)CN(C)CCCN1CCN(C(C)C)CC1. The quantitative estimate of drug-likeness (QED) is 0.689. The monoisotopic (exact) mass is 255 g/mol.